The molecule has 0 unspecified atom stereocenters. The van der Waals surface area contributed by atoms with Gasteiger partial charge >= 0.3 is 0 Å². The van der Waals surface area contributed by atoms with E-state index in [0.29, 0.717) is 5.56 Å². The number of halogens is 1. The number of nitrogens with two attached hydrogens (primary N) is 1. The van der Waals surface area contributed by atoms with Gasteiger partial charge in [-0.2, -0.15) is 4.39 Å². The molecule has 0 radical (unpaired) electrons. The molecule has 0 aliphatic carbocycles. The van der Waals surface area contributed by atoms with Gasteiger partial charge in [-0.1, -0.05) is 6.07 Å². The molecule has 0 amide bonds. The summed E-state index contributed by atoms with van der Waals surface area (Å²) in [6.07, 6.45) is 0. The van der Waals surface area contributed by atoms with Crippen LogP contribution < -0.4 is 10.5 Å². The molecule has 0 spiro atoms. The zero-order chi connectivity index (χ0) is 9.14. The molecular formula is C8H10FNO2. The summed E-state index contributed by atoms with van der Waals surface area (Å²) in [5.74, 6) is -1.18. The minimum Gasteiger partial charge on any atom is -0.504 e. The lowest BCUT2D eigenvalue weighted by molar-refractivity contribution is 0.362. The summed E-state index contributed by atoms with van der Waals surface area (Å²) in [6.45, 7) is 0.104. The molecule has 0 atom stereocenters. The van der Waals surface area contributed by atoms with Gasteiger partial charge in [0.15, 0.2) is 11.5 Å². The van der Waals surface area contributed by atoms with Crippen LogP contribution in [0.5, 0.6) is 11.5 Å². The third-order valence-electron chi connectivity index (χ3n) is 1.60. The Balaban J connectivity index is 3.20. The first-order valence-corrected chi connectivity index (χ1v) is 3.45. The third kappa shape index (κ3) is 1.33. The zero-order valence-corrected chi connectivity index (χ0v) is 6.67. The summed E-state index contributed by atoms with van der Waals surface area (Å²) in [5.41, 5.74) is 5.61. The van der Waals surface area contributed by atoms with Gasteiger partial charge < -0.3 is 15.6 Å². The molecule has 1 aromatic carbocycles. The smallest absolute Gasteiger partial charge is 0.206 e. The van der Waals surface area contributed by atoms with Crippen molar-refractivity contribution in [2.24, 2.45) is 5.73 Å². The Morgan fingerprint density at radius 1 is 1.58 bits per heavy atom. The Kier molecular flexibility index (Phi) is 2.50. The lowest BCUT2D eigenvalue weighted by Crippen LogP contribution is -1.99. The van der Waals surface area contributed by atoms with E-state index in [0.717, 1.165) is 0 Å². The summed E-state index contributed by atoms with van der Waals surface area (Å²) >= 11 is 0. The van der Waals surface area contributed by atoms with Crippen LogP contribution in [0, 0.1) is 5.82 Å². The summed E-state index contributed by atoms with van der Waals surface area (Å²) < 4.78 is 17.7. The van der Waals surface area contributed by atoms with E-state index in [2.05, 4.69) is 4.74 Å². The molecule has 1 rings (SSSR count). The standard InChI is InChI=1S/C8H10FNO2/c1-12-6-3-2-5(4-10)8(11)7(6)9/h2-3,11H,4,10H2,1H3. The van der Waals surface area contributed by atoms with Crippen molar-refractivity contribution in [3.8, 4) is 11.5 Å². The number of methoxy groups -OCH3 is 1. The average molecular weight is 171 g/mol. The lowest BCUT2D eigenvalue weighted by atomic mass is 10.2. The van der Waals surface area contributed by atoms with Gasteiger partial charge in [0.25, 0.3) is 0 Å². The minimum atomic E-state index is -0.763. The molecule has 1 aromatic rings. The Hall–Kier alpha value is -1.29. The van der Waals surface area contributed by atoms with Crippen LogP contribution in [0.3, 0.4) is 0 Å². The van der Waals surface area contributed by atoms with Gasteiger partial charge in [0.2, 0.25) is 5.82 Å². The number of hydrogen-bond donors (Lipinski definition) is 2. The normalized spacial score (nSPS) is 9.92. The van der Waals surface area contributed by atoms with Gasteiger partial charge in [0.1, 0.15) is 0 Å². The number of phenols is 1. The number of ether oxygens (including phenoxy) is 1. The maximum atomic E-state index is 13.0. The Morgan fingerprint density at radius 2 is 2.25 bits per heavy atom. The second-order valence-corrected chi connectivity index (χ2v) is 2.29. The number of rotatable bonds is 2. The second-order valence-electron chi connectivity index (χ2n) is 2.29. The van der Waals surface area contributed by atoms with Crippen molar-refractivity contribution in [2.45, 2.75) is 6.54 Å². The molecule has 66 valence electrons. The highest BCUT2D eigenvalue weighted by Gasteiger charge is 2.11. The monoisotopic (exact) mass is 171 g/mol. The Morgan fingerprint density at radius 3 is 2.75 bits per heavy atom. The number of aromatic hydroxyl groups is 1. The van der Waals surface area contributed by atoms with Gasteiger partial charge in [-0.15, -0.1) is 0 Å². The molecule has 3 nitrogen and oxygen atoms in total. The summed E-state index contributed by atoms with van der Waals surface area (Å²) in [7, 11) is 1.33. The maximum absolute atomic E-state index is 13.0. The van der Waals surface area contributed by atoms with Crippen LogP contribution in [0.25, 0.3) is 0 Å². The predicted molar refractivity (Wildman–Crippen MR) is 42.5 cm³/mol. The topological polar surface area (TPSA) is 55.5 Å². The number of phenolic OH excluding ortho intramolecular Hbond substituents is 1. The van der Waals surface area contributed by atoms with Crippen LogP contribution in [-0.2, 0) is 6.54 Å². The fourth-order valence-corrected chi connectivity index (χ4v) is 0.908. The van der Waals surface area contributed by atoms with Crippen molar-refractivity contribution < 1.29 is 14.2 Å². The highest BCUT2D eigenvalue weighted by Crippen LogP contribution is 2.28. The fraction of sp³-hybridized carbons (Fsp3) is 0.250. The van der Waals surface area contributed by atoms with E-state index in [-0.39, 0.29) is 12.3 Å². The van der Waals surface area contributed by atoms with Gasteiger partial charge in [-0.05, 0) is 6.07 Å². The Bertz CT molecular complexity index is 260. The van der Waals surface area contributed by atoms with Crippen LogP contribution in [0.2, 0.25) is 0 Å². The van der Waals surface area contributed by atoms with Crippen molar-refractivity contribution in [3.63, 3.8) is 0 Å². The summed E-state index contributed by atoms with van der Waals surface area (Å²) in [6, 6.07) is 2.95. The van der Waals surface area contributed by atoms with Crippen molar-refractivity contribution in [3.05, 3.63) is 23.5 Å². The van der Waals surface area contributed by atoms with Crippen molar-refractivity contribution in [1.82, 2.24) is 0 Å². The summed E-state index contributed by atoms with van der Waals surface area (Å²) in [4.78, 5) is 0. The third-order valence-corrected chi connectivity index (χ3v) is 1.60. The van der Waals surface area contributed by atoms with Gasteiger partial charge in [-0.3, -0.25) is 0 Å². The van der Waals surface area contributed by atoms with E-state index < -0.39 is 11.6 Å². The largest absolute Gasteiger partial charge is 0.504 e. The second kappa shape index (κ2) is 3.40. The number of benzene rings is 1. The highest BCUT2D eigenvalue weighted by atomic mass is 19.1. The molecule has 0 saturated heterocycles. The fourth-order valence-electron chi connectivity index (χ4n) is 0.908. The molecule has 0 aliphatic heterocycles. The molecule has 0 aliphatic rings. The molecule has 0 aromatic heterocycles. The molecule has 0 bridgehead atoms. The Labute approximate surface area is 69.6 Å². The van der Waals surface area contributed by atoms with Crippen LogP contribution in [0.1, 0.15) is 5.56 Å². The van der Waals surface area contributed by atoms with Crippen molar-refractivity contribution in [2.75, 3.05) is 7.11 Å². The SMILES string of the molecule is COc1ccc(CN)c(O)c1F. The maximum Gasteiger partial charge on any atom is 0.206 e. The van der Waals surface area contributed by atoms with Crippen LogP contribution in [-0.4, -0.2) is 12.2 Å². The van der Waals surface area contributed by atoms with Crippen molar-refractivity contribution >= 4 is 0 Å². The average Bonchev–Trinajstić information content (AvgIpc) is 2.10. The molecule has 12 heavy (non-hydrogen) atoms. The van der Waals surface area contributed by atoms with E-state index in [9.17, 15) is 9.50 Å². The van der Waals surface area contributed by atoms with Crippen LogP contribution in [0.4, 0.5) is 4.39 Å². The van der Waals surface area contributed by atoms with E-state index in [1.54, 1.807) is 0 Å². The van der Waals surface area contributed by atoms with Crippen molar-refractivity contribution in [1.29, 1.82) is 0 Å². The molecule has 0 saturated carbocycles. The van der Waals surface area contributed by atoms with Crippen LogP contribution >= 0.6 is 0 Å². The molecule has 3 N–H and O–H groups in total. The molecule has 0 fully saturated rings. The van der Waals surface area contributed by atoms with Crippen LogP contribution in [0.15, 0.2) is 12.1 Å². The van der Waals surface area contributed by atoms with E-state index in [1.165, 1.54) is 19.2 Å². The highest BCUT2D eigenvalue weighted by molar-refractivity contribution is 5.41. The van der Waals surface area contributed by atoms with Gasteiger partial charge in [0, 0.05) is 12.1 Å². The summed E-state index contributed by atoms with van der Waals surface area (Å²) in [5, 5.41) is 9.17. The zero-order valence-electron chi connectivity index (χ0n) is 6.67. The number of hydrogen-bond acceptors (Lipinski definition) is 3. The molecular weight excluding hydrogens is 161 g/mol. The van der Waals surface area contributed by atoms with E-state index in [1.807, 2.05) is 0 Å². The first-order valence-electron chi connectivity index (χ1n) is 3.45. The first-order chi connectivity index (χ1) is 5.70. The molecule has 0 heterocycles. The van der Waals surface area contributed by atoms with E-state index >= 15 is 0 Å². The van der Waals surface area contributed by atoms with E-state index in [4.69, 9.17) is 5.73 Å². The predicted octanol–water partition coefficient (Wildman–Crippen LogP) is 0.999. The quantitative estimate of drug-likeness (QED) is 0.697. The molecule has 4 heteroatoms. The van der Waals surface area contributed by atoms with Gasteiger partial charge in [-0.25, -0.2) is 0 Å². The lowest BCUT2D eigenvalue weighted by Gasteiger charge is -2.06. The first kappa shape index (κ1) is 8.80. The minimum absolute atomic E-state index is 0.0182. The van der Waals surface area contributed by atoms with Gasteiger partial charge in [0.05, 0.1) is 7.11 Å².